The zero-order chi connectivity index (χ0) is 28.9. The second-order valence-electron chi connectivity index (χ2n) is 8.72. The van der Waals surface area contributed by atoms with Crippen LogP contribution in [0.15, 0.2) is 65.6 Å². The first-order valence-corrected chi connectivity index (χ1v) is 14.8. The van der Waals surface area contributed by atoms with Crippen molar-refractivity contribution in [3.05, 3.63) is 91.9 Å². The van der Waals surface area contributed by atoms with E-state index in [0.717, 1.165) is 9.87 Å². The molecule has 3 aromatic rings. The molecule has 2 amide bonds. The van der Waals surface area contributed by atoms with Gasteiger partial charge in [-0.15, -0.1) is 0 Å². The maximum absolute atomic E-state index is 13.9. The first kappa shape index (κ1) is 31.0. The molecular formula is C27H27Cl4N3O4S. The van der Waals surface area contributed by atoms with Gasteiger partial charge in [-0.3, -0.25) is 13.9 Å². The maximum Gasteiger partial charge on any atom is 0.264 e. The van der Waals surface area contributed by atoms with Gasteiger partial charge in [0.15, 0.2) is 0 Å². The summed E-state index contributed by atoms with van der Waals surface area (Å²) in [6, 6.07) is 14.4. The Hall–Kier alpha value is -2.49. The topological polar surface area (TPSA) is 86.8 Å². The quantitative estimate of drug-likeness (QED) is 0.283. The summed E-state index contributed by atoms with van der Waals surface area (Å²) in [5.74, 6) is -1.03. The molecule has 3 aromatic carbocycles. The molecule has 39 heavy (non-hydrogen) atoms. The zero-order valence-corrected chi connectivity index (χ0v) is 25.3. The minimum absolute atomic E-state index is 0.0161. The lowest BCUT2D eigenvalue weighted by molar-refractivity contribution is -0.140. The smallest absolute Gasteiger partial charge is 0.264 e. The van der Waals surface area contributed by atoms with E-state index < -0.39 is 34.4 Å². The number of amides is 2. The molecule has 0 aliphatic carbocycles. The van der Waals surface area contributed by atoms with Crippen molar-refractivity contribution in [2.75, 3.05) is 17.9 Å². The second kappa shape index (κ2) is 13.2. The molecule has 1 atom stereocenters. The fraction of sp³-hybridized carbons (Fsp3) is 0.259. The highest BCUT2D eigenvalue weighted by Gasteiger charge is 2.34. The lowest BCUT2D eigenvalue weighted by Gasteiger charge is -2.33. The number of hydrogen-bond acceptors (Lipinski definition) is 4. The Morgan fingerprint density at radius 2 is 1.56 bits per heavy atom. The molecule has 7 nitrogen and oxygen atoms in total. The van der Waals surface area contributed by atoms with Crippen molar-refractivity contribution in [1.29, 1.82) is 0 Å². The van der Waals surface area contributed by atoms with E-state index in [-0.39, 0.29) is 33.6 Å². The van der Waals surface area contributed by atoms with Crippen molar-refractivity contribution in [2.45, 2.75) is 37.8 Å². The van der Waals surface area contributed by atoms with E-state index in [1.807, 2.05) is 6.92 Å². The van der Waals surface area contributed by atoms with E-state index >= 15 is 0 Å². The van der Waals surface area contributed by atoms with Crippen molar-refractivity contribution in [3.8, 4) is 0 Å². The molecule has 3 rings (SSSR count). The van der Waals surface area contributed by atoms with Crippen molar-refractivity contribution < 1.29 is 18.0 Å². The van der Waals surface area contributed by atoms with Gasteiger partial charge >= 0.3 is 0 Å². The molecular weight excluding hydrogens is 604 g/mol. The van der Waals surface area contributed by atoms with Gasteiger partial charge in [0.1, 0.15) is 12.6 Å². The number of anilines is 1. The van der Waals surface area contributed by atoms with Crippen LogP contribution in [0.25, 0.3) is 0 Å². The molecule has 0 spiro atoms. The fourth-order valence-electron chi connectivity index (χ4n) is 3.93. The average Bonchev–Trinajstić information content (AvgIpc) is 2.89. The first-order valence-electron chi connectivity index (χ1n) is 11.9. The van der Waals surface area contributed by atoms with Crippen LogP contribution in [0.3, 0.4) is 0 Å². The normalized spacial score (nSPS) is 12.1. The van der Waals surface area contributed by atoms with Crippen LogP contribution in [0, 0.1) is 6.92 Å². The number of likely N-dealkylation sites (N-methyl/N-ethyl adjacent to an activating group) is 1. The van der Waals surface area contributed by atoms with Crippen LogP contribution in [0.5, 0.6) is 0 Å². The summed E-state index contributed by atoms with van der Waals surface area (Å²) >= 11 is 24.7. The van der Waals surface area contributed by atoms with Gasteiger partial charge in [-0.05, 0) is 61.4 Å². The molecule has 1 N–H and O–H groups in total. The minimum Gasteiger partial charge on any atom is -0.357 e. The summed E-state index contributed by atoms with van der Waals surface area (Å²) in [5, 5.41) is 3.63. The number of rotatable bonds is 10. The third-order valence-corrected chi connectivity index (χ3v) is 9.18. The van der Waals surface area contributed by atoms with Crippen LogP contribution in [-0.2, 0) is 26.2 Å². The van der Waals surface area contributed by atoms with E-state index in [0.29, 0.717) is 15.6 Å². The first-order chi connectivity index (χ1) is 18.4. The number of halogens is 4. The highest BCUT2D eigenvalue weighted by molar-refractivity contribution is 7.92. The van der Waals surface area contributed by atoms with E-state index in [2.05, 4.69) is 5.32 Å². The summed E-state index contributed by atoms with van der Waals surface area (Å²) in [6.07, 6.45) is 0.272. The molecule has 0 bridgehead atoms. The van der Waals surface area contributed by atoms with E-state index in [1.165, 1.54) is 48.3 Å². The summed E-state index contributed by atoms with van der Waals surface area (Å²) in [5.41, 5.74) is 1.54. The summed E-state index contributed by atoms with van der Waals surface area (Å²) in [6.45, 7) is 2.91. The van der Waals surface area contributed by atoms with Gasteiger partial charge in [-0.25, -0.2) is 8.42 Å². The molecule has 0 saturated heterocycles. The van der Waals surface area contributed by atoms with Crippen molar-refractivity contribution in [1.82, 2.24) is 10.2 Å². The predicted molar refractivity (Wildman–Crippen MR) is 157 cm³/mol. The second-order valence-corrected chi connectivity index (χ2v) is 12.2. The molecule has 0 radical (unpaired) electrons. The monoisotopic (exact) mass is 629 g/mol. The van der Waals surface area contributed by atoms with Crippen molar-refractivity contribution in [2.24, 2.45) is 0 Å². The number of hydrogen-bond donors (Lipinski definition) is 1. The molecule has 0 aliphatic heterocycles. The number of carbonyl (C=O) groups excluding carboxylic acids is 2. The molecule has 0 heterocycles. The molecule has 0 unspecified atom stereocenters. The third kappa shape index (κ3) is 7.38. The lowest BCUT2D eigenvalue weighted by atomic mass is 10.1. The van der Waals surface area contributed by atoms with E-state index in [9.17, 15) is 18.0 Å². The predicted octanol–water partition coefficient (Wildman–Crippen LogP) is 6.36. The van der Waals surface area contributed by atoms with Crippen LogP contribution in [0.2, 0.25) is 20.1 Å². The molecule has 0 aromatic heterocycles. The van der Waals surface area contributed by atoms with Crippen LogP contribution < -0.4 is 9.62 Å². The Bertz CT molecular complexity index is 1470. The van der Waals surface area contributed by atoms with Gasteiger partial charge < -0.3 is 10.2 Å². The Labute approximate surface area is 248 Å². The van der Waals surface area contributed by atoms with Gasteiger partial charge in [0, 0.05) is 23.6 Å². The molecule has 0 saturated carbocycles. The zero-order valence-electron chi connectivity index (χ0n) is 21.4. The van der Waals surface area contributed by atoms with Crippen LogP contribution in [0.1, 0.15) is 24.5 Å². The molecule has 0 aliphatic rings. The van der Waals surface area contributed by atoms with Gasteiger partial charge in [-0.2, -0.15) is 0 Å². The lowest BCUT2D eigenvalue weighted by Crippen LogP contribution is -2.51. The third-order valence-electron chi connectivity index (χ3n) is 6.07. The van der Waals surface area contributed by atoms with Crippen molar-refractivity contribution in [3.63, 3.8) is 0 Å². The average molecular weight is 631 g/mol. The number of benzene rings is 3. The highest BCUT2D eigenvalue weighted by Crippen LogP contribution is 2.31. The van der Waals surface area contributed by atoms with E-state index in [4.69, 9.17) is 46.4 Å². The van der Waals surface area contributed by atoms with Gasteiger partial charge in [0.25, 0.3) is 10.0 Å². The minimum atomic E-state index is -4.23. The number of carbonyl (C=O) groups is 2. The standard InChI is InChI=1S/C27H27Cl4N3O4S/c1-4-25(27(36)32-3)33(15-18-7-8-19(28)13-23(18)30)26(35)16-34(20-9-12-22(29)24(31)14-20)39(37,38)21-10-5-17(2)6-11-21/h5-14,25H,4,15-16H2,1-3H3,(H,32,36)/t25-/m0/s1. The fourth-order valence-corrected chi connectivity index (χ4v) is 6.09. The highest BCUT2D eigenvalue weighted by atomic mass is 35.5. The van der Waals surface area contributed by atoms with Crippen molar-refractivity contribution >= 4 is 73.9 Å². The van der Waals surface area contributed by atoms with Gasteiger partial charge in [0.2, 0.25) is 11.8 Å². The van der Waals surface area contributed by atoms with Gasteiger partial charge in [0.05, 0.1) is 20.6 Å². The van der Waals surface area contributed by atoms with E-state index in [1.54, 1.807) is 31.2 Å². The molecule has 0 fully saturated rings. The van der Waals surface area contributed by atoms with Crippen LogP contribution >= 0.6 is 46.4 Å². The number of nitrogens with zero attached hydrogens (tertiary/aromatic N) is 2. The number of nitrogens with one attached hydrogen (secondary N) is 1. The Balaban J connectivity index is 2.10. The van der Waals surface area contributed by atoms with Crippen LogP contribution in [0.4, 0.5) is 5.69 Å². The van der Waals surface area contributed by atoms with Crippen LogP contribution in [-0.4, -0.2) is 44.8 Å². The largest absolute Gasteiger partial charge is 0.357 e. The summed E-state index contributed by atoms with van der Waals surface area (Å²) < 4.78 is 28.6. The molecule has 208 valence electrons. The Kier molecular flexibility index (Phi) is 10.5. The van der Waals surface area contributed by atoms with Gasteiger partial charge in [-0.1, -0.05) is 77.1 Å². The Morgan fingerprint density at radius 1 is 0.897 bits per heavy atom. The number of sulfonamides is 1. The summed E-state index contributed by atoms with van der Waals surface area (Å²) in [7, 11) is -2.77. The number of aryl methyl sites for hydroxylation is 1. The summed E-state index contributed by atoms with van der Waals surface area (Å²) in [4.78, 5) is 28.0. The maximum atomic E-state index is 13.9. The Morgan fingerprint density at radius 3 is 2.13 bits per heavy atom. The molecule has 12 heteroatoms. The SMILES string of the molecule is CC[C@@H](C(=O)NC)N(Cc1ccc(Cl)cc1Cl)C(=O)CN(c1ccc(Cl)c(Cl)c1)S(=O)(=O)c1ccc(C)cc1.